The molecule has 2 aromatic carbocycles. The van der Waals surface area contributed by atoms with Crippen LogP contribution in [0, 0.1) is 0 Å². The smallest absolute Gasteiger partial charge is 0.344 e. The van der Waals surface area contributed by atoms with Crippen LogP contribution in [0.3, 0.4) is 0 Å². The highest BCUT2D eigenvalue weighted by molar-refractivity contribution is 6.30. The first kappa shape index (κ1) is 17.9. The van der Waals surface area contributed by atoms with Crippen molar-refractivity contribution in [1.82, 2.24) is 14.8 Å². The predicted molar refractivity (Wildman–Crippen MR) is 93.9 cm³/mol. The molecular formula is C18H16ClN3O4. The van der Waals surface area contributed by atoms with Crippen LogP contribution < -0.4 is 4.74 Å². The number of methoxy groups -OCH3 is 1. The standard InChI is InChI=1S/C18H16ClN3O4/c1-25-17(23)18(24,10-22-12-20-11-21-22)15-4-2-3-5-16(15)26-14-8-6-13(19)7-9-14/h2-9,11-12,24H,10H2,1H3. The van der Waals surface area contributed by atoms with Gasteiger partial charge in [-0.1, -0.05) is 29.8 Å². The van der Waals surface area contributed by atoms with E-state index in [1.807, 2.05) is 0 Å². The number of nitrogens with zero attached hydrogens (tertiary/aromatic N) is 3. The average Bonchev–Trinajstić information content (AvgIpc) is 3.16. The lowest BCUT2D eigenvalue weighted by molar-refractivity contribution is -0.165. The number of halogens is 1. The van der Waals surface area contributed by atoms with E-state index in [-0.39, 0.29) is 12.1 Å². The van der Waals surface area contributed by atoms with Gasteiger partial charge < -0.3 is 14.6 Å². The molecule has 7 nitrogen and oxygen atoms in total. The zero-order valence-electron chi connectivity index (χ0n) is 13.9. The van der Waals surface area contributed by atoms with Crippen LogP contribution in [-0.2, 0) is 21.7 Å². The van der Waals surface area contributed by atoms with E-state index in [9.17, 15) is 9.90 Å². The van der Waals surface area contributed by atoms with E-state index >= 15 is 0 Å². The molecule has 1 heterocycles. The first-order chi connectivity index (χ1) is 12.5. The Balaban J connectivity index is 2.01. The van der Waals surface area contributed by atoms with Crippen molar-refractivity contribution >= 4 is 17.6 Å². The van der Waals surface area contributed by atoms with Crippen molar-refractivity contribution in [3.63, 3.8) is 0 Å². The fourth-order valence-corrected chi connectivity index (χ4v) is 2.63. The van der Waals surface area contributed by atoms with Gasteiger partial charge in [0, 0.05) is 10.6 Å². The number of hydrogen-bond acceptors (Lipinski definition) is 6. The number of esters is 1. The fourth-order valence-electron chi connectivity index (χ4n) is 2.50. The number of carbonyl (C=O) groups excluding carboxylic acids is 1. The van der Waals surface area contributed by atoms with E-state index in [1.165, 1.54) is 24.4 Å². The van der Waals surface area contributed by atoms with Gasteiger partial charge in [0.25, 0.3) is 0 Å². The topological polar surface area (TPSA) is 86.5 Å². The van der Waals surface area contributed by atoms with Crippen LogP contribution in [0.5, 0.6) is 11.5 Å². The Bertz CT molecular complexity index is 884. The molecule has 1 atom stereocenters. The van der Waals surface area contributed by atoms with Crippen molar-refractivity contribution < 1.29 is 19.4 Å². The maximum absolute atomic E-state index is 12.4. The van der Waals surface area contributed by atoms with E-state index in [0.29, 0.717) is 16.5 Å². The van der Waals surface area contributed by atoms with Crippen molar-refractivity contribution in [3.8, 4) is 11.5 Å². The third kappa shape index (κ3) is 3.68. The van der Waals surface area contributed by atoms with E-state index in [2.05, 4.69) is 10.1 Å². The lowest BCUT2D eigenvalue weighted by atomic mass is 9.92. The molecule has 0 aliphatic carbocycles. The molecule has 134 valence electrons. The van der Waals surface area contributed by atoms with Crippen LogP contribution in [0.2, 0.25) is 5.02 Å². The summed E-state index contributed by atoms with van der Waals surface area (Å²) in [4.78, 5) is 16.2. The molecule has 0 amide bonds. The molecule has 0 saturated heterocycles. The largest absolute Gasteiger partial charge is 0.467 e. The summed E-state index contributed by atoms with van der Waals surface area (Å²) in [5.74, 6) is -0.0159. The molecule has 0 aliphatic heterocycles. The zero-order valence-corrected chi connectivity index (χ0v) is 14.6. The van der Waals surface area contributed by atoms with Crippen molar-refractivity contribution in [2.45, 2.75) is 12.1 Å². The van der Waals surface area contributed by atoms with Crippen molar-refractivity contribution in [1.29, 1.82) is 0 Å². The second-order valence-corrected chi connectivity index (χ2v) is 5.93. The molecule has 1 unspecified atom stereocenters. The Labute approximate surface area is 154 Å². The van der Waals surface area contributed by atoms with Crippen molar-refractivity contribution in [2.75, 3.05) is 7.11 Å². The van der Waals surface area contributed by atoms with Crippen LogP contribution >= 0.6 is 11.6 Å². The Morgan fingerprint density at radius 3 is 2.62 bits per heavy atom. The molecule has 26 heavy (non-hydrogen) atoms. The summed E-state index contributed by atoms with van der Waals surface area (Å²) in [5.41, 5.74) is -1.76. The Morgan fingerprint density at radius 1 is 1.23 bits per heavy atom. The van der Waals surface area contributed by atoms with E-state index in [0.717, 1.165) is 0 Å². The summed E-state index contributed by atoms with van der Waals surface area (Å²) in [6.07, 6.45) is 2.71. The van der Waals surface area contributed by atoms with Crippen molar-refractivity contribution in [3.05, 3.63) is 71.8 Å². The monoisotopic (exact) mass is 373 g/mol. The summed E-state index contributed by atoms with van der Waals surface area (Å²) in [6, 6.07) is 13.4. The van der Waals surface area contributed by atoms with Gasteiger partial charge in [-0.2, -0.15) is 5.10 Å². The third-order valence-electron chi connectivity index (χ3n) is 3.75. The molecule has 8 heteroatoms. The lowest BCUT2D eigenvalue weighted by Gasteiger charge is -2.27. The maximum atomic E-state index is 12.4. The van der Waals surface area contributed by atoms with Crippen molar-refractivity contribution in [2.24, 2.45) is 0 Å². The summed E-state index contributed by atoms with van der Waals surface area (Å²) in [7, 11) is 1.21. The Morgan fingerprint density at radius 2 is 1.96 bits per heavy atom. The number of aromatic nitrogens is 3. The number of ether oxygens (including phenoxy) is 2. The average molecular weight is 374 g/mol. The summed E-state index contributed by atoms with van der Waals surface area (Å²) >= 11 is 5.89. The Kier molecular flexibility index (Phi) is 5.20. The number of benzene rings is 2. The first-order valence-electron chi connectivity index (χ1n) is 7.69. The molecule has 0 radical (unpaired) electrons. The normalized spacial score (nSPS) is 13.0. The fraction of sp³-hybridized carbons (Fsp3) is 0.167. The van der Waals surface area contributed by atoms with E-state index in [1.54, 1.807) is 48.5 Å². The second kappa shape index (κ2) is 7.55. The summed E-state index contributed by atoms with van der Waals surface area (Å²) in [5, 5.41) is 15.7. The van der Waals surface area contributed by atoms with Crippen LogP contribution in [0.4, 0.5) is 0 Å². The van der Waals surface area contributed by atoms with E-state index < -0.39 is 11.6 Å². The molecule has 0 saturated carbocycles. The minimum absolute atomic E-state index is 0.180. The second-order valence-electron chi connectivity index (χ2n) is 5.50. The highest BCUT2D eigenvalue weighted by atomic mass is 35.5. The highest BCUT2D eigenvalue weighted by Crippen LogP contribution is 2.35. The van der Waals surface area contributed by atoms with Gasteiger partial charge >= 0.3 is 5.97 Å². The highest BCUT2D eigenvalue weighted by Gasteiger charge is 2.42. The minimum Gasteiger partial charge on any atom is -0.467 e. The molecule has 3 aromatic rings. The lowest BCUT2D eigenvalue weighted by Crippen LogP contribution is -2.41. The number of para-hydroxylation sites is 1. The third-order valence-corrected chi connectivity index (χ3v) is 4.01. The van der Waals surface area contributed by atoms with Gasteiger partial charge in [-0.05, 0) is 30.3 Å². The Hall–Kier alpha value is -2.90. The summed E-state index contributed by atoms with van der Waals surface area (Å²) in [6.45, 7) is -0.180. The molecule has 3 rings (SSSR count). The molecule has 1 aromatic heterocycles. The van der Waals surface area contributed by atoms with Gasteiger partial charge in [-0.3, -0.25) is 0 Å². The quantitative estimate of drug-likeness (QED) is 0.668. The van der Waals surface area contributed by atoms with Crippen LogP contribution in [-0.4, -0.2) is 33.0 Å². The number of rotatable bonds is 6. The van der Waals surface area contributed by atoms with Gasteiger partial charge in [0.15, 0.2) is 0 Å². The SMILES string of the molecule is COC(=O)C(O)(Cn1cncn1)c1ccccc1Oc1ccc(Cl)cc1. The first-order valence-corrected chi connectivity index (χ1v) is 8.07. The predicted octanol–water partition coefficient (Wildman–Crippen LogP) is 2.78. The summed E-state index contributed by atoms with van der Waals surface area (Å²) < 4.78 is 12.0. The molecule has 1 N–H and O–H groups in total. The van der Waals surface area contributed by atoms with Gasteiger partial charge in [0.1, 0.15) is 24.2 Å². The van der Waals surface area contributed by atoms with Crippen LogP contribution in [0.15, 0.2) is 61.2 Å². The molecule has 0 spiro atoms. The van der Waals surface area contributed by atoms with Gasteiger partial charge in [0.05, 0.1) is 13.7 Å². The maximum Gasteiger partial charge on any atom is 0.344 e. The molecular weight excluding hydrogens is 358 g/mol. The number of aliphatic hydroxyl groups is 1. The number of carbonyl (C=O) groups is 1. The van der Waals surface area contributed by atoms with Gasteiger partial charge in [-0.25, -0.2) is 14.5 Å². The number of hydrogen-bond donors (Lipinski definition) is 1. The molecule has 0 aliphatic rings. The molecule has 0 bridgehead atoms. The molecule has 0 fully saturated rings. The minimum atomic E-state index is -2.01. The van der Waals surface area contributed by atoms with Gasteiger partial charge in [0.2, 0.25) is 5.60 Å². The van der Waals surface area contributed by atoms with Gasteiger partial charge in [-0.15, -0.1) is 0 Å². The van der Waals surface area contributed by atoms with Crippen LogP contribution in [0.1, 0.15) is 5.56 Å². The zero-order chi connectivity index (χ0) is 18.6. The van der Waals surface area contributed by atoms with E-state index in [4.69, 9.17) is 21.1 Å². The van der Waals surface area contributed by atoms with Crippen LogP contribution in [0.25, 0.3) is 0 Å².